The normalized spacial score (nSPS) is 11.3. The van der Waals surface area contributed by atoms with Crippen LogP contribution in [0.25, 0.3) is 11.3 Å². The smallest absolute Gasteiger partial charge is 0.265 e. The number of nitrogens with one attached hydrogen (secondary N) is 1. The number of aromatic nitrogens is 1. The van der Waals surface area contributed by atoms with Gasteiger partial charge in [-0.1, -0.05) is 29.3 Å². The van der Waals surface area contributed by atoms with Crippen LogP contribution < -0.4 is 9.46 Å². The molecular formula is C16H12Cl2N2O3S2. The molecule has 0 spiro atoms. The van der Waals surface area contributed by atoms with Crippen molar-refractivity contribution in [1.82, 2.24) is 4.98 Å². The second kappa shape index (κ2) is 7.21. The van der Waals surface area contributed by atoms with E-state index in [2.05, 4.69) is 9.71 Å². The lowest BCUT2D eigenvalue weighted by atomic mass is 10.2. The summed E-state index contributed by atoms with van der Waals surface area (Å²) < 4.78 is 32.5. The summed E-state index contributed by atoms with van der Waals surface area (Å²) in [5.74, 6) is 0.732. The van der Waals surface area contributed by atoms with Crippen LogP contribution in [0.1, 0.15) is 0 Å². The van der Waals surface area contributed by atoms with Crippen molar-refractivity contribution >= 4 is 49.7 Å². The fourth-order valence-electron chi connectivity index (χ4n) is 2.08. The predicted molar refractivity (Wildman–Crippen MR) is 101 cm³/mol. The molecule has 1 aromatic heterocycles. The lowest BCUT2D eigenvalue weighted by molar-refractivity contribution is 0.415. The van der Waals surface area contributed by atoms with Crippen LogP contribution in [0.2, 0.25) is 10.0 Å². The fraction of sp³-hybridized carbons (Fsp3) is 0.0625. The van der Waals surface area contributed by atoms with Crippen LogP contribution in [0.4, 0.5) is 5.13 Å². The highest BCUT2D eigenvalue weighted by atomic mass is 35.5. The van der Waals surface area contributed by atoms with Gasteiger partial charge in [0.25, 0.3) is 10.0 Å². The lowest BCUT2D eigenvalue weighted by Gasteiger charge is -2.07. The zero-order valence-electron chi connectivity index (χ0n) is 12.9. The minimum absolute atomic E-state index is 0.0244. The molecule has 0 radical (unpaired) electrons. The van der Waals surface area contributed by atoms with Gasteiger partial charge in [0.2, 0.25) is 0 Å². The zero-order chi connectivity index (χ0) is 18.0. The van der Waals surface area contributed by atoms with Crippen molar-refractivity contribution < 1.29 is 13.2 Å². The molecule has 0 amide bonds. The molecule has 5 nitrogen and oxygen atoms in total. The molecule has 25 heavy (non-hydrogen) atoms. The number of halogens is 2. The van der Waals surface area contributed by atoms with Crippen LogP contribution >= 0.6 is 34.5 Å². The molecule has 1 N–H and O–H groups in total. The minimum atomic E-state index is -3.88. The Labute approximate surface area is 159 Å². The Balaban J connectivity index is 1.86. The molecular weight excluding hydrogens is 403 g/mol. The van der Waals surface area contributed by atoms with Crippen molar-refractivity contribution in [3.63, 3.8) is 0 Å². The summed E-state index contributed by atoms with van der Waals surface area (Å²) in [6.07, 6.45) is 0. The van der Waals surface area contributed by atoms with Gasteiger partial charge >= 0.3 is 0 Å². The molecule has 0 saturated heterocycles. The monoisotopic (exact) mass is 414 g/mol. The summed E-state index contributed by atoms with van der Waals surface area (Å²) in [4.78, 5) is 4.22. The Hall–Kier alpha value is -1.80. The van der Waals surface area contributed by atoms with Gasteiger partial charge in [-0.15, -0.1) is 11.3 Å². The van der Waals surface area contributed by atoms with E-state index >= 15 is 0 Å². The van der Waals surface area contributed by atoms with Gasteiger partial charge < -0.3 is 4.74 Å². The third kappa shape index (κ3) is 3.90. The number of sulfonamides is 1. The molecule has 1 heterocycles. The van der Waals surface area contributed by atoms with E-state index in [-0.39, 0.29) is 20.1 Å². The lowest BCUT2D eigenvalue weighted by Crippen LogP contribution is -2.13. The van der Waals surface area contributed by atoms with Gasteiger partial charge in [-0.25, -0.2) is 13.4 Å². The standard InChI is InChI=1S/C16H12Cl2N2O3S2/c1-23-11-7-5-10(6-8-11)13-9-24-16(19-13)20-25(21,22)14-4-2-3-12(17)15(14)18/h2-9H,1H3,(H,19,20). The third-order valence-electron chi connectivity index (χ3n) is 3.32. The number of hydrogen-bond acceptors (Lipinski definition) is 5. The van der Waals surface area contributed by atoms with Gasteiger partial charge in [0.1, 0.15) is 10.6 Å². The first-order valence-corrected chi connectivity index (χ1v) is 10.1. The van der Waals surface area contributed by atoms with Crippen molar-refractivity contribution in [2.24, 2.45) is 0 Å². The van der Waals surface area contributed by atoms with E-state index in [1.165, 1.54) is 29.5 Å². The Morgan fingerprint density at radius 2 is 1.84 bits per heavy atom. The van der Waals surface area contributed by atoms with Crippen LogP contribution in [-0.2, 0) is 10.0 Å². The van der Waals surface area contributed by atoms with Crippen molar-refractivity contribution in [3.05, 3.63) is 57.9 Å². The molecule has 0 bridgehead atoms. The maximum absolute atomic E-state index is 12.5. The average molecular weight is 415 g/mol. The van der Waals surface area contributed by atoms with Gasteiger partial charge in [-0.2, -0.15) is 0 Å². The number of nitrogens with zero attached hydrogens (tertiary/aromatic N) is 1. The van der Waals surface area contributed by atoms with Crippen molar-refractivity contribution in [3.8, 4) is 17.0 Å². The first kappa shape index (κ1) is 18.0. The quantitative estimate of drug-likeness (QED) is 0.642. The molecule has 0 aliphatic rings. The van der Waals surface area contributed by atoms with E-state index in [1.807, 2.05) is 24.3 Å². The summed E-state index contributed by atoms with van der Waals surface area (Å²) >= 11 is 13.1. The van der Waals surface area contributed by atoms with E-state index in [1.54, 1.807) is 12.5 Å². The molecule has 9 heteroatoms. The van der Waals surface area contributed by atoms with Gasteiger partial charge in [0, 0.05) is 10.9 Å². The van der Waals surface area contributed by atoms with Crippen LogP contribution in [0, 0.1) is 0 Å². The third-order valence-corrected chi connectivity index (χ3v) is 6.52. The highest BCUT2D eigenvalue weighted by Gasteiger charge is 2.21. The molecule has 130 valence electrons. The molecule has 0 aliphatic heterocycles. The molecule has 2 aromatic carbocycles. The fourth-order valence-corrected chi connectivity index (χ4v) is 4.81. The van der Waals surface area contributed by atoms with Crippen molar-refractivity contribution in [2.45, 2.75) is 4.90 Å². The van der Waals surface area contributed by atoms with Crippen LogP contribution in [0.5, 0.6) is 5.75 Å². The van der Waals surface area contributed by atoms with Gasteiger partial charge in [0.15, 0.2) is 5.13 Å². The Kier molecular flexibility index (Phi) is 5.19. The highest BCUT2D eigenvalue weighted by molar-refractivity contribution is 7.93. The highest BCUT2D eigenvalue weighted by Crippen LogP contribution is 2.32. The van der Waals surface area contributed by atoms with E-state index < -0.39 is 10.0 Å². The van der Waals surface area contributed by atoms with Gasteiger partial charge in [0.05, 0.1) is 22.8 Å². The molecule has 0 unspecified atom stereocenters. The Bertz CT molecular complexity index is 1000. The molecule has 0 saturated carbocycles. The minimum Gasteiger partial charge on any atom is -0.497 e. The van der Waals surface area contributed by atoms with Gasteiger partial charge in [-0.05, 0) is 36.4 Å². The summed E-state index contributed by atoms with van der Waals surface area (Å²) in [6, 6.07) is 11.7. The van der Waals surface area contributed by atoms with E-state index in [4.69, 9.17) is 27.9 Å². The summed E-state index contributed by atoms with van der Waals surface area (Å²) in [7, 11) is -2.30. The summed E-state index contributed by atoms with van der Waals surface area (Å²) in [5, 5.41) is 2.15. The number of anilines is 1. The number of thiazole rings is 1. The van der Waals surface area contributed by atoms with Crippen molar-refractivity contribution in [1.29, 1.82) is 0 Å². The first-order chi connectivity index (χ1) is 11.9. The molecule has 3 aromatic rings. The van der Waals surface area contributed by atoms with Crippen LogP contribution in [0.15, 0.2) is 52.7 Å². The maximum Gasteiger partial charge on any atom is 0.265 e. The Morgan fingerprint density at radius 3 is 2.52 bits per heavy atom. The largest absolute Gasteiger partial charge is 0.497 e. The van der Waals surface area contributed by atoms with E-state index in [0.717, 1.165) is 11.3 Å². The number of methoxy groups -OCH3 is 1. The van der Waals surface area contributed by atoms with Gasteiger partial charge in [-0.3, -0.25) is 4.72 Å². The second-order valence-corrected chi connectivity index (χ2v) is 8.22. The molecule has 3 rings (SSSR count). The Morgan fingerprint density at radius 1 is 1.12 bits per heavy atom. The number of benzene rings is 2. The number of hydrogen-bond donors (Lipinski definition) is 1. The molecule has 0 aliphatic carbocycles. The SMILES string of the molecule is COc1ccc(-c2csc(NS(=O)(=O)c3cccc(Cl)c3Cl)n2)cc1. The van der Waals surface area contributed by atoms with Crippen molar-refractivity contribution in [2.75, 3.05) is 11.8 Å². The summed E-state index contributed by atoms with van der Waals surface area (Å²) in [5.41, 5.74) is 1.51. The zero-order valence-corrected chi connectivity index (χ0v) is 16.0. The summed E-state index contributed by atoms with van der Waals surface area (Å²) in [6.45, 7) is 0. The first-order valence-electron chi connectivity index (χ1n) is 6.97. The van der Waals surface area contributed by atoms with E-state index in [0.29, 0.717) is 5.69 Å². The average Bonchev–Trinajstić information content (AvgIpc) is 3.05. The number of rotatable bonds is 5. The van der Waals surface area contributed by atoms with Crippen LogP contribution in [0.3, 0.4) is 0 Å². The number of ether oxygens (including phenoxy) is 1. The van der Waals surface area contributed by atoms with Crippen LogP contribution in [-0.4, -0.2) is 20.5 Å². The maximum atomic E-state index is 12.5. The molecule has 0 atom stereocenters. The molecule has 0 fully saturated rings. The second-order valence-electron chi connectivity index (χ2n) is 4.92. The predicted octanol–water partition coefficient (Wildman–Crippen LogP) is 4.93. The van der Waals surface area contributed by atoms with E-state index in [9.17, 15) is 8.42 Å². The topological polar surface area (TPSA) is 68.3 Å².